The van der Waals surface area contributed by atoms with Gasteiger partial charge in [-0.15, -0.1) is 0 Å². The Hall–Kier alpha value is -1.66. The van der Waals surface area contributed by atoms with Crippen LogP contribution in [0.1, 0.15) is 18.2 Å². The van der Waals surface area contributed by atoms with Crippen LogP contribution in [0.3, 0.4) is 0 Å². The first kappa shape index (κ1) is 14.7. The van der Waals surface area contributed by atoms with Crippen molar-refractivity contribution in [3.05, 3.63) is 62.4 Å². The smallest absolute Gasteiger partial charge is 0.270 e. The molecule has 2 aromatic rings. The summed E-state index contributed by atoms with van der Waals surface area (Å²) in [6, 6.07) is 8.95. The van der Waals surface area contributed by atoms with E-state index in [2.05, 4.69) is 38.8 Å². The quantitative estimate of drug-likeness (QED) is 0.649. The van der Waals surface area contributed by atoms with Crippen LogP contribution < -0.4 is 5.32 Å². The highest BCUT2D eigenvalue weighted by Gasteiger charge is 2.10. The summed E-state index contributed by atoms with van der Waals surface area (Å²) >= 11 is 3.41. The van der Waals surface area contributed by atoms with E-state index in [1.54, 1.807) is 12.1 Å². The van der Waals surface area contributed by atoms with Gasteiger partial charge in [0.25, 0.3) is 5.69 Å². The van der Waals surface area contributed by atoms with Crippen LogP contribution in [-0.4, -0.2) is 16.0 Å². The summed E-state index contributed by atoms with van der Waals surface area (Å²) in [5, 5.41) is 14.0. The van der Waals surface area contributed by atoms with E-state index in [4.69, 9.17) is 0 Å². The highest BCUT2D eigenvalue weighted by Crippen LogP contribution is 2.24. The Morgan fingerprint density at radius 2 is 2.20 bits per heavy atom. The molecule has 0 atom stereocenters. The molecule has 0 fully saturated rings. The number of hydrogen-bond donors (Lipinski definition) is 1. The molecule has 106 valence electrons. The summed E-state index contributed by atoms with van der Waals surface area (Å²) in [7, 11) is 0. The van der Waals surface area contributed by atoms with Gasteiger partial charge in [0.05, 0.1) is 4.92 Å². The topological polar surface area (TPSA) is 60.1 Å². The Balaban J connectivity index is 2.18. The first-order valence-electron chi connectivity index (χ1n) is 6.39. The summed E-state index contributed by atoms with van der Waals surface area (Å²) in [6.07, 6.45) is 2.01. The Morgan fingerprint density at radius 1 is 1.40 bits per heavy atom. The molecule has 6 heteroatoms. The molecule has 1 aromatic carbocycles. The monoisotopic (exact) mass is 337 g/mol. The number of nitro benzene ring substituents is 1. The largest absolute Gasteiger partial charge is 0.346 e. The molecule has 0 aliphatic rings. The lowest BCUT2D eigenvalue weighted by atomic mass is 10.2. The molecule has 0 aliphatic heterocycles. The second-order valence-electron chi connectivity index (χ2n) is 4.44. The van der Waals surface area contributed by atoms with Gasteiger partial charge in [0.2, 0.25) is 0 Å². The molecule has 1 aromatic heterocycles. The van der Waals surface area contributed by atoms with Gasteiger partial charge >= 0.3 is 0 Å². The second kappa shape index (κ2) is 6.67. The van der Waals surface area contributed by atoms with Crippen LogP contribution in [0, 0.1) is 10.1 Å². The molecular formula is C14H16BrN3O2. The molecule has 0 saturated carbocycles. The van der Waals surface area contributed by atoms with E-state index in [9.17, 15) is 10.1 Å². The normalized spacial score (nSPS) is 10.7. The molecule has 2 rings (SSSR count). The fraction of sp³-hybridized carbons (Fsp3) is 0.286. The summed E-state index contributed by atoms with van der Waals surface area (Å²) in [4.78, 5) is 10.3. The van der Waals surface area contributed by atoms with Crippen molar-refractivity contribution >= 4 is 21.6 Å². The number of halogens is 1. The molecule has 20 heavy (non-hydrogen) atoms. The predicted molar refractivity (Wildman–Crippen MR) is 81.7 cm³/mol. The van der Waals surface area contributed by atoms with Crippen molar-refractivity contribution in [2.75, 3.05) is 6.54 Å². The number of nitrogens with zero attached hydrogens (tertiary/aromatic N) is 2. The molecule has 0 saturated heterocycles. The van der Waals surface area contributed by atoms with Crippen LogP contribution in [0.5, 0.6) is 0 Å². The minimum atomic E-state index is -0.388. The number of nitrogens with one attached hydrogen (secondary N) is 1. The summed E-state index contributed by atoms with van der Waals surface area (Å²) in [6.45, 7) is 4.49. The molecule has 0 spiro atoms. The van der Waals surface area contributed by atoms with E-state index in [0.29, 0.717) is 6.54 Å². The van der Waals surface area contributed by atoms with Gasteiger partial charge in [-0.05, 0) is 30.3 Å². The van der Waals surface area contributed by atoms with Gasteiger partial charge in [0, 0.05) is 41.6 Å². The average Bonchev–Trinajstić information content (AvgIpc) is 2.85. The van der Waals surface area contributed by atoms with Gasteiger partial charge in [-0.25, -0.2) is 0 Å². The molecule has 0 bridgehead atoms. The molecule has 0 unspecified atom stereocenters. The lowest BCUT2D eigenvalue weighted by Gasteiger charge is -2.11. The van der Waals surface area contributed by atoms with E-state index < -0.39 is 0 Å². The van der Waals surface area contributed by atoms with Crippen molar-refractivity contribution < 1.29 is 4.92 Å². The maximum absolute atomic E-state index is 10.7. The number of non-ortho nitro benzene ring substituents is 1. The third kappa shape index (κ3) is 3.46. The van der Waals surface area contributed by atoms with Crippen LogP contribution in [-0.2, 0) is 13.1 Å². The second-order valence-corrected chi connectivity index (χ2v) is 5.29. The SMILES string of the molecule is CCNCc1cccn1Cc1ccc([N+](=O)[O-])cc1Br. The number of nitro groups is 1. The first-order chi connectivity index (χ1) is 9.61. The summed E-state index contributed by atoms with van der Waals surface area (Å²) in [5.41, 5.74) is 2.31. The van der Waals surface area contributed by atoms with Crippen molar-refractivity contribution in [1.82, 2.24) is 9.88 Å². The van der Waals surface area contributed by atoms with Crippen molar-refractivity contribution in [1.29, 1.82) is 0 Å². The van der Waals surface area contributed by atoms with Gasteiger partial charge in [-0.2, -0.15) is 0 Å². The molecular weight excluding hydrogens is 322 g/mol. The number of aromatic nitrogens is 1. The van der Waals surface area contributed by atoms with Crippen LogP contribution in [0.25, 0.3) is 0 Å². The van der Waals surface area contributed by atoms with E-state index >= 15 is 0 Å². The van der Waals surface area contributed by atoms with E-state index in [-0.39, 0.29) is 10.6 Å². The van der Waals surface area contributed by atoms with Gasteiger partial charge in [-0.1, -0.05) is 22.9 Å². The average molecular weight is 338 g/mol. The van der Waals surface area contributed by atoms with E-state index in [1.807, 2.05) is 12.3 Å². The molecule has 0 amide bonds. The minimum Gasteiger partial charge on any atom is -0.346 e. The first-order valence-corrected chi connectivity index (χ1v) is 7.18. The molecule has 0 radical (unpaired) electrons. The third-order valence-electron chi connectivity index (χ3n) is 3.07. The molecule has 1 N–H and O–H groups in total. The van der Waals surface area contributed by atoms with E-state index in [1.165, 1.54) is 11.8 Å². The number of hydrogen-bond acceptors (Lipinski definition) is 3. The fourth-order valence-electron chi connectivity index (χ4n) is 1.98. The van der Waals surface area contributed by atoms with Crippen LogP contribution >= 0.6 is 15.9 Å². The Morgan fingerprint density at radius 3 is 2.85 bits per heavy atom. The Kier molecular flexibility index (Phi) is 4.92. The lowest BCUT2D eigenvalue weighted by Crippen LogP contribution is -2.15. The summed E-state index contributed by atoms with van der Waals surface area (Å²) in [5.74, 6) is 0. The van der Waals surface area contributed by atoms with Gasteiger partial charge in [-0.3, -0.25) is 10.1 Å². The highest BCUT2D eigenvalue weighted by atomic mass is 79.9. The van der Waals surface area contributed by atoms with Gasteiger partial charge in [0.1, 0.15) is 0 Å². The number of rotatable bonds is 6. The standard InChI is InChI=1S/C14H16BrN3O2/c1-2-16-9-13-4-3-7-17(13)10-11-5-6-12(18(19)20)8-14(11)15/h3-8,16H,2,9-10H2,1H3. The van der Waals surface area contributed by atoms with Crippen LogP contribution in [0.4, 0.5) is 5.69 Å². The van der Waals surface area contributed by atoms with Crippen molar-refractivity contribution in [2.45, 2.75) is 20.0 Å². The predicted octanol–water partition coefficient (Wildman–Crippen LogP) is 3.32. The van der Waals surface area contributed by atoms with Crippen molar-refractivity contribution in [2.24, 2.45) is 0 Å². The van der Waals surface area contributed by atoms with Crippen LogP contribution in [0.2, 0.25) is 0 Å². The maximum Gasteiger partial charge on any atom is 0.270 e. The summed E-state index contributed by atoms with van der Waals surface area (Å²) < 4.78 is 2.89. The van der Waals surface area contributed by atoms with Crippen LogP contribution in [0.15, 0.2) is 41.0 Å². The zero-order valence-corrected chi connectivity index (χ0v) is 12.8. The number of benzene rings is 1. The van der Waals surface area contributed by atoms with Crippen molar-refractivity contribution in [3.8, 4) is 0 Å². The molecule has 0 aliphatic carbocycles. The van der Waals surface area contributed by atoms with E-state index in [0.717, 1.165) is 23.1 Å². The Labute approximate surface area is 125 Å². The van der Waals surface area contributed by atoms with Gasteiger partial charge < -0.3 is 9.88 Å². The fourth-order valence-corrected chi connectivity index (χ4v) is 2.47. The van der Waals surface area contributed by atoms with Crippen molar-refractivity contribution in [3.63, 3.8) is 0 Å². The Bertz CT molecular complexity index is 610. The molecule has 5 nitrogen and oxygen atoms in total. The molecule has 1 heterocycles. The minimum absolute atomic E-state index is 0.0982. The maximum atomic E-state index is 10.7. The third-order valence-corrected chi connectivity index (χ3v) is 3.81. The highest BCUT2D eigenvalue weighted by molar-refractivity contribution is 9.10. The lowest BCUT2D eigenvalue weighted by molar-refractivity contribution is -0.384. The van der Waals surface area contributed by atoms with Gasteiger partial charge in [0.15, 0.2) is 0 Å². The zero-order chi connectivity index (χ0) is 14.5. The zero-order valence-electron chi connectivity index (χ0n) is 11.2.